The molecule has 0 saturated heterocycles. The Morgan fingerprint density at radius 3 is 2.02 bits per heavy atom. The molecule has 0 aliphatic carbocycles. The zero-order chi connectivity index (χ0) is 40.1. The molecule has 57 heavy (non-hydrogen) atoms. The molecule has 0 saturated carbocycles. The van der Waals surface area contributed by atoms with E-state index in [2.05, 4.69) is 138 Å². The number of rotatable bonds is 27. The Bertz CT molecular complexity index is 1720. The van der Waals surface area contributed by atoms with Crippen LogP contribution in [-0.4, -0.2) is 109 Å². The van der Waals surface area contributed by atoms with Crippen LogP contribution >= 0.6 is 0 Å². The van der Waals surface area contributed by atoms with Gasteiger partial charge in [-0.15, -0.1) is 0 Å². The predicted molar refractivity (Wildman–Crippen MR) is 223 cm³/mol. The van der Waals surface area contributed by atoms with Crippen molar-refractivity contribution in [3.63, 3.8) is 0 Å². The van der Waals surface area contributed by atoms with E-state index in [1.807, 2.05) is 0 Å². The minimum absolute atomic E-state index is 0. The second kappa shape index (κ2) is 25.4. The summed E-state index contributed by atoms with van der Waals surface area (Å²) in [6.07, 6.45) is 14.3. The molecule has 0 atom stereocenters. The maximum atomic E-state index is 12.4. The lowest BCUT2D eigenvalue weighted by Crippen LogP contribution is -3.00. The number of unbranched alkanes of at least 4 members (excludes halogenated alkanes) is 2. The third-order valence-corrected chi connectivity index (χ3v) is 10.2. The predicted octanol–water partition coefficient (Wildman–Crippen LogP) is 4.56. The molecule has 2 aromatic carbocycles. The lowest BCUT2D eigenvalue weighted by atomic mass is 9.81. The van der Waals surface area contributed by atoms with Crippen molar-refractivity contribution in [2.45, 2.75) is 64.2 Å². The van der Waals surface area contributed by atoms with Crippen LogP contribution in [0.4, 0.5) is 11.4 Å². The van der Waals surface area contributed by atoms with Gasteiger partial charge in [0.15, 0.2) is 5.71 Å². The van der Waals surface area contributed by atoms with Crippen LogP contribution in [-0.2, 0) is 39.3 Å². The Balaban J connectivity index is 0.00000870. The number of allylic oxidation sites excluding steroid dienone is 6. The zero-order valence-corrected chi connectivity index (χ0v) is 35.3. The summed E-state index contributed by atoms with van der Waals surface area (Å²) in [4.78, 5) is 17.6. The summed E-state index contributed by atoms with van der Waals surface area (Å²) in [6.45, 7) is 15.5. The third-order valence-electron chi connectivity index (χ3n) is 10.2. The average molecular weight is 807 g/mol. The molecular formula is C44H63ClN6O6. The molecule has 0 spiro atoms. The Kier molecular flexibility index (Phi) is 21.1. The van der Waals surface area contributed by atoms with E-state index in [-0.39, 0.29) is 29.1 Å². The number of benzene rings is 2. The summed E-state index contributed by atoms with van der Waals surface area (Å²) in [5, 5.41) is 6.36. The van der Waals surface area contributed by atoms with Gasteiger partial charge in [0.2, 0.25) is 11.6 Å². The van der Waals surface area contributed by atoms with E-state index in [0.717, 1.165) is 25.8 Å². The molecule has 1 N–H and O–H groups in total. The second-order valence-electron chi connectivity index (χ2n) is 14.9. The average Bonchev–Trinajstić information content (AvgIpc) is 3.52. The molecule has 13 heteroatoms. The van der Waals surface area contributed by atoms with Gasteiger partial charge in [-0.1, -0.05) is 80.0 Å². The van der Waals surface area contributed by atoms with Crippen molar-refractivity contribution in [3.05, 3.63) is 106 Å². The molecule has 2 aliphatic heterocycles. The minimum atomic E-state index is -0.109. The van der Waals surface area contributed by atoms with Crippen molar-refractivity contribution in [2.24, 2.45) is 5.11 Å². The Labute approximate surface area is 346 Å². The molecule has 0 aromatic heterocycles. The van der Waals surface area contributed by atoms with Gasteiger partial charge >= 0.3 is 0 Å². The van der Waals surface area contributed by atoms with Crippen molar-refractivity contribution in [2.75, 3.05) is 97.7 Å². The van der Waals surface area contributed by atoms with Crippen LogP contribution in [0.5, 0.6) is 0 Å². The van der Waals surface area contributed by atoms with Crippen LogP contribution in [0.3, 0.4) is 0 Å². The third kappa shape index (κ3) is 14.4. The molecule has 1 amide bonds. The number of halogens is 1. The number of carbonyl (C=O) groups is 1. The van der Waals surface area contributed by atoms with Crippen LogP contribution < -0.4 is 22.6 Å². The fourth-order valence-corrected chi connectivity index (χ4v) is 7.26. The number of fused-ring (bicyclic) bond motifs is 2. The Morgan fingerprint density at radius 2 is 1.37 bits per heavy atom. The van der Waals surface area contributed by atoms with Crippen molar-refractivity contribution >= 4 is 23.0 Å². The zero-order valence-electron chi connectivity index (χ0n) is 34.6. The van der Waals surface area contributed by atoms with Gasteiger partial charge < -0.3 is 46.3 Å². The highest BCUT2D eigenvalue weighted by Crippen LogP contribution is 2.47. The number of azide groups is 1. The van der Waals surface area contributed by atoms with Crippen LogP contribution in [0.2, 0.25) is 0 Å². The highest BCUT2D eigenvalue weighted by atomic mass is 35.5. The van der Waals surface area contributed by atoms with Gasteiger partial charge in [-0.3, -0.25) is 4.79 Å². The van der Waals surface area contributed by atoms with Gasteiger partial charge in [0.25, 0.3) is 0 Å². The van der Waals surface area contributed by atoms with E-state index in [1.165, 1.54) is 33.9 Å². The summed E-state index contributed by atoms with van der Waals surface area (Å²) < 4.78 is 29.5. The first-order valence-corrected chi connectivity index (χ1v) is 20.0. The molecule has 4 rings (SSSR count). The maximum Gasteiger partial charge on any atom is 0.220 e. The molecule has 0 bridgehead atoms. The van der Waals surface area contributed by atoms with E-state index in [4.69, 9.17) is 29.2 Å². The summed E-state index contributed by atoms with van der Waals surface area (Å²) >= 11 is 0. The highest BCUT2D eigenvalue weighted by molar-refractivity contribution is 6.03. The van der Waals surface area contributed by atoms with Gasteiger partial charge in [-0.2, -0.15) is 4.58 Å². The number of ether oxygens (including phenoxy) is 5. The SMILES string of the molecule is C[N+]1=C(/C=C/C=C/C=C2N(CCCCCC(=O)NCCOCCOCCOCCOCCOCCN=[N+]=[N-])c3ccccc3C2(C)C)C(C)(C)c2ccccc21.[Cl-]. The number of anilines is 1. The molecule has 0 unspecified atom stereocenters. The number of nitrogens with one attached hydrogen (secondary N) is 1. The topological polar surface area (TPSA) is 130 Å². The van der Waals surface area contributed by atoms with E-state index in [0.29, 0.717) is 85.6 Å². The summed E-state index contributed by atoms with van der Waals surface area (Å²) in [7, 11) is 2.15. The van der Waals surface area contributed by atoms with Crippen molar-refractivity contribution in [1.82, 2.24) is 5.32 Å². The van der Waals surface area contributed by atoms with Crippen LogP contribution in [0.1, 0.15) is 64.5 Å². The number of para-hydroxylation sites is 2. The van der Waals surface area contributed by atoms with Gasteiger partial charge in [0.05, 0.1) is 71.5 Å². The van der Waals surface area contributed by atoms with Gasteiger partial charge in [-0.05, 0) is 49.9 Å². The fraction of sp³-hybridized carbons (Fsp3) is 0.545. The van der Waals surface area contributed by atoms with E-state index >= 15 is 0 Å². The summed E-state index contributed by atoms with van der Waals surface area (Å²) in [6, 6.07) is 17.4. The first-order valence-electron chi connectivity index (χ1n) is 20.0. The minimum Gasteiger partial charge on any atom is -1.00 e. The van der Waals surface area contributed by atoms with Crippen molar-refractivity contribution in [1.29, 1.82) is 0 Å². The summed E-state index contributed by atoms with van der Waals surface area (Å²) in [5.41, 5.74) is 15.9. The molecular weight excluding hydrogens is 744 g/mol. The maximum absolute atomic E-state index is 12.4. The normalized spacial score (nSPS) is 15.9. The second-order valence-corrected chi connectivity index (χ2v) is 14.9. The highest BCUT2D eigenvalue weighted by Gasteiger charge is 2.42. The molecule has 2 heterocycles. The molecule has 0 radical (unpaired) electrons. The number of nitrogens with zero attached hydrogens (tertiary/aromatic N) is 5. The molecule has 2 aliphatic rings. The lowest BCUT2D eigenvalue weighted by molar-refractivity contribution is -0.401. The molecule has 0 fully saturated rings. The molecule has 312 valence electrons. The number of amides is 1. The van der Waals surface area contributed by atoms with Gasteiger partial charge in [-0.25, -0.2) is 0 Å². The van der Waals surface area contributed by atoms with Crippen LogP contribution in [0.25, 0.3) is 10.4 Å². The number of carbonyl (C=O) groups excluding carboxylic acids is 1. The lowest BCUT2D eigenvalue weighted by Gasteiger charge is -2.27. The monoisotopic (exact) mass is 806 g/mol. The standard InChI is InChI=1S/C44H62N6O6.ClH/c1-43(2)36-16-11-13-18-38(36)49(5)40(43)20-8-6-9-21-41-44(3,4)37-17-12-14-19-39(37)50(41)25-15-7-10-22-42(51)46-23-26-52-28-30-54-32-34-56-35-33-55-31-29-53-27-24-47-48-45;/h6,8-9,11-14,16-21H,7,10,15,22-35H2,1-5H3;1H. The smallest absolute Gasteiger partial charge is 0.220 e. The molecule has 12 nitrogen and oxygen atoms in total. The van der Waals surface area contributed by atoms with E-state index < -0.39 is 0 Å². The van der Waals surface area contributed by atoms with Gasteiger partial charge in [0.1, 0.15) is 7.05 Å². The van der Waals surface area contributed by atoms with E-state index in [1.54, 1.807) is 0 Å². The first kappa shape index (κ1) is 47.4. The van der Waals surface area contributed by atoms with Crippen LogP contribution in [0.15, 0.2) is 89.7 Å². The Morgan fingerprint density at radius 1 is 0.772 bits per heavy atom. The number of hydrogen-bond donors (Lipinski definition) is 1. The van der Waals surface area contributed by atoms with Crippen molar-refractivity contribution in [3.8, 4) is 0 Å². The van der Waals surface area contributed by atoms with Gasteiger partial charge in [0, 0.05) is 65.5 Å². The largest absolute Gasteiger partial charge is 1.00 e. The molecule has 2 aromatic rings. The fourth-order valence-electron chi connectivity index (χ4n) is 7.26. The summed E-state index contributed by atoms with van der Waals surface area (Å²) in [5.74, 6) is 0.0597. The van der Waals surface area contributed by atoms with E-state index in [9.17, 15) is 4.79 Å². The Hall–Kier alpha value is -4.00. The first-order chi connectivity index (χ1) is 27.2. The van der Waals surface area contributed by atoms with Crippen molar-refractivity contribution < 1.29 is 45.5 Å². The number of hydrogen-bond acceptors (Lipinski definition) is 8. The van der Waals surface area contributed by atoms with Crippen LogP contribution in [0, 0.1) is 0 Å². The quantitative estimate of drug-likeness (QED) is 0.0350.